The molecule has 2 fully saturated rings. The number of carbonyl (C=O) groups excluding carboxylic acids is 1. The van der Waals surface area contributed by atoms with Gasteiger partial charge in [-0.25, -0.2) is 14.8 Å². The molecule has 0 spiro atoms. The van der Waals surface area contributed by atoms with E-state index in [-0.39, 0.29) is 24.1 Å². The van der Waals surface area contributed by atoms with Crippen molar-refractivity contribution >= 4 is 11.9 Å². The number of ether oxygens (including phenoxy) is 1. The van der Waals surface area contributed by atoms with Crippen LogP contribution in [0.25, 0.3) is 11.1 Å². The number of aromatic nitrogens is 2. The first-order valence-electron chi connectivity index (χ1n) is 9.61. The summed E-state index contributed by atoms with van der Waals surface area (Å²) in [5, 5.41) is 0. The van der Waals surface area contributed by atoms with Crippen LogP contribution in [-0.2, 0) is 4.74 Å². The summed E-state index contributed by atoms with van der Waals surface area (Å²) in [6.45, 7) is 5.65. The first-order chi connectivity index (χ1) is 13.2. The average Bonchev–Trinajstić information content (AvgIpc) is 3.20. The molecule has 2 bridgehead atoms. The third-order valence-corrected chi connectivity index (χ3v) is 5.55. The van der Waals surface area contributed by atoms with E-state index in [1.807, 2.05) is 31.7 Å². The molecule has 2 saturated heterocycles. The van der Waals surface area contributed by atoms with E-state index in [1.54, 1.807) is 12.3 Å². The fourth-order valence-corrected chi connectivity index (χ4v) is 4.41. The largest absolute Gasteiger partial charge is 0.444 e. The first-order valence-corrected chi connectivity index (χ1v) is 9.61. The van der Waals surface area contributed by atoms with Crippen molar-refractivity contribution in [1.82, 2.24) is 14.9 Å². The van der Waals surface area contributed by atoms with E-state index in [1.165, 1.54) is 12.3 Å². The molecule has 2 aromatic rings. The fourth-order valence-electron chi connectivity index (χ4n) is 4.41. The van der Waals surface area contributed by atoms with Gasteiger partial charge >= 0.3 is 6.09 Å². The Morgan fingerprint density at radius 1 is 1.25 bits per heavy atom. The van der Waals surface area contributed by atoms with Gasteiger partial charge in [0.15, 0.2) is 0 Å². The van der Waals surface area contributed by atoms with Crippen molar-refractivity contribution in [2.75, 3.05) is 5.73 Å². The van der Waals surface area contributed by atoms with Crippen molar-refractivity contribution in [2.45, 2.75) is 63.6 Å². The van der Waals surface area contributed by atoms with Crippen molar-refractivity contribution in [1.29, 1.82) is 0 Å². The molecule has 4 heterocycles. The summed E-state index contributed by atoms with van der Waals surface area (Å²) < 4.78 is 18.8. The Labute approximate surface area is 163 Å². The quantitative estimate of drug-likeness (QED) is 0.788. The van der Waals surface area contributed by atoms with Crippen molar-refractivity contribution in [2.24, 2.45) is 0 Å². The number of halogens is 1. The van der Waals surface area contributed by atoms with Gasteiger partial charge in [-0.2, -0.15) is 4.39 Å². The Kier molecular flexibility index (Phi) is 4.48. The number of anilines is 1. The zero-order chi connectivity index (χ0) is 20.1. The topological polar surface area (TPSA) is 81.3 Å². The number of rotatable bonds is 2. The summed E-state index contributed by atoms with van der Waals surface area (Å²) in [6.07, 6.45) is 5.84. The highest BCUT2D eigenvalue weighted by Gasteiger charge is 2.50. The molecule has 2 N–H and O–H groups in total. The van der Waals surface area contributed by atoms with E-state index >= 15 is 0 Å². The lowest BCUT2D eigenvalue weighted by Gasteiger charge is -2.28. The predicted octanol–water partition coefficient (Wildman–Crippen LogP) is 4.12. The van der Waals surface area contributed by atoms with Crippen LogP contribution in [0.5, 0.6) is 0 Å². The zero-order valence-corrected chi connectivity index (χ0v) is 16.4. The van der Waals surface area contributed by atoms with Gasteiger partial charge in [-0.1, -0.05) is 0 Å². The number of hydrogen-bond donors (Lipinski definition) is 1. The molecule has 28 heavy (non-hydrogen) atoms. The maximum absolute atomic E-state index is 13.2. The second-order valence-electron chi connectivity index (χ2n) is 8.60. The smallest absolute Gasteiger partial charge is 0.410 e. The molecule has 4 rings (SSSR count). The van der Waals surface area contributed by atoms with Gasteiger partial charge in [0, 0.05) is 41.5 Å². The highest BCUT2D eigenvalue weighted by atomic mass is 19.1. The molecule has 6 nitrogen and oxygen atoms in total. The number of carbonyl (C=O) groups is 1. The highest BCUT2D eigenvalue weighted by Crippen LogP contribution is 2.47. The van der Waals surface area contributed by atoms with Gasteiger partial charge in [0.1, 0.15) is 11.4 Å². The van der Waals surface area contributed by atoms with E-state index in [4.69, 9.17) is 10.5 Å². The van der Waals surface area contributed by atoms with E-state index < -0.39 is 11.5 Å². The molecule has 2 aromatic heterocycles. The third kappa shape index (κ3) is 3.41. The van der Waals surface area contributed by atoms with Gasteiger partial charge in [0.2, 0.25) is 5.95 Å². The van der Waals surface area contributed by atoms with Crippen LogP contribution in [0.2, 0.25) is 0 Å². The van der Waals surface area contributed by atoms with Gasteiger partial charge in [-0.3, -0.25) is 0 Å². The van der Waals surface area contributed by atoms with E-state index in [9.17, 15) is 9.18 Å². The molecule has 0 radical (unpaired) electrons. The third-order valence-electron chi connectivity index (χ3n) is 5.55. The van der Waals surface area contributed by atoms with Crippen LogP contribution < -0.4 is 5.73 Å². The van der Waals surface area contributed by atoms with Crippen LogP contribution in [0, 0.1) is 5.95 Å². The number of nitrogens with two attached hydrogens (primary N) is 1. The van der Waals surface area contributed by atoms with Crippen molar-refractivity contribution in [3.63, 3.8) is 0 Å². The Hall–Kier alpha value is -2.70. The second-order valence-corrected chi connectivity index (χ2v) is 8.60. The zero-order valence-electron chi connectivity index (χ0n) is 16.4. The Balaban J connectivity index is 1.61. The van der Waals surface area contributed by atoms with Gasteiger partial charge in [-0.15, -0.1) is 0 Å². The second kappa shape index (κ2) is 6.72. The standard InChI is InChI=1S/C21H25FN4O2/c1-21(2,3)28-20(27)26-14-5-6-17(26)15(9-14)13-8-16(19(23)25-11-13)12-4-7-18(22)24-10-12/h4,7-8,10-11,14-15,17H,5-6,9H2,1-3H3,(H2,23,25)/t14-,15+,17+/m0/s1. The summed E-state index contributed by atoms with van der Waals surface area (Å²) >= 11 is 0. The minimum absolute atomic E-state index is 0.101. The van der Waals surface area contributed by atoms with Crippen LogP contribution in [-0.4, -0.2) is 38.6 Å². The van der Waals surface area contributed by atoms with Gasteiger partial charge < -0.3 is 15.4 Å². The van der Waals surface area contributed by atoms with Crippen LogP contribution in [0.1, 0.15) is 51.5 Å². The summed E-state index contributed by atoms with van der Waals surface area (Å²) in [6, 6.07) is 5.25. The van der Waals surface area contributed by atoms with Crippen molar-refractivity contribution in [3.8, 4) is 11.1 Å². The number of hydrogen-bond acceptors (Lipinski definition) is 5. The van der Waals surface area contributed by atoms with Crippen LogP contribution in [0.4, 0.5) is 15.0 Å². The molecule has 1 amide bonds. The summed E-state index contributed by atoms with van der Waals surface area (Å²) in [5.74, 6) is 0.0309. The van der Waals surface area contributed by atoms with Crippen LogP contribution in [0.3, 0.4) is 0 Å². The first kappa shape index (κ1) is 18.7. The predicted molar refractivity (Wildman–Crippen MR) is 104 cm³/mol. The highest BCUT2D eigenvalue weighted by molar-refractivity contribution is 5.74. The van der Waals surface area contributed by atoms with E-state index in [0.717, 1.165) is 36.0 Å². The summed E-state index contributed by atoms with van der Waals surface area (Å²) in [5.41, 5.74) is 8.04. The fraction of sp³-hybridized carbons (Fsp3) is 0.476. The Morgan fingerprint density at radius 3 is 2.71 bits per heavy atom. The van der Waals surface area contributed by atoms with Gasteiger partial charge in [-0.05, 0) is 63.8 Å². The molecule has 3 atom stereocenters. The minimum atomic E-state index is -0.535. The van der Waals surface area contributed by atoms with E-state index in [0.29, 0.717) is 5.82 Å². The van der Waals surface area contributed by atoms with E-state index in [2.05, 4.69) is 9.97 Å². The maximum atomic E-state index is 13.2. The molecule has 7 heteroatoms. The number of fused-ring (bicyclic) bond motifs is 2. The SMILES string of the molecule is CC(C)(C)OC(=O)N1[C@H]2CC[C@@H]1[C@@H](c1cnc(N)c(-c3ccc(F)nc3)c1)C2. The van der Waals surface area contributed by atoms with Gasteiger partial charge in [0.05, 0.1) is 0 Å². The Bertz CT molecular complexity index is 894. The lowest BCUT2D eigenvalue weighted by molar-refractivity contribution is 0.0213. The number of nitrogens with zero attached hydrogens (tertiary/aromatic N) is 3. The van der Waals surface area contributed by atoms with Gasteiger partial charge in [0.25, 0.3) is 0 Å². The van der Waals surface area contributed by atoms with Crippen molar-refractivity contribution in [3.05, 3.63) is 42.1 Å². The average molecular weight is 384 g/mol. The molecule has 0 aromatic carbocycles. The molecule has 0 unspecified atom stereocenters. The number of nitrogen functional groups attached to an aromatic ring is 1. The molecule has 2 aliphatic rings. The monoisotopic (exact) mass is 384 g/mol. The lowest BCUT2D eigenvalue weighted by atomic mass is 9.84. The molecule has 2 aliphatic heterocycles. The Morgan fingerprint density at radius 2 is 2.04 bits per heavy atom. The van der Waals surface area contributed by atoms with Crippen molar-refractivity contribution < 1.29 is 13.9 Å². The minimum Gasteiger partial charge on any atom is -0.444 e. The number of amides is 1. The number of pyridine rings is 2. The maximum Gasteiger partial charge on any atom is 0.410 e. The molecular formula is C21H25FN4O2. The molecule has 0 aliphatic carbocycles. The molecular weight excluding hydrogens is 359 g/mol. The van der Waals surface area contributed by atoms with Crippen LogP contribution >= 0.6 is 0 Å². The van der Waals surface area contributed by atoms with Crippen LogP contribution in [0.15, 0.2) is 30.6 Å². The molecule has 148 valence electrons. The summed E-state index contributed by atoms with van der Waals surface area (Å²) in [7, 11) is 0. The normalized spacial score (nSPS) is 23.9. The summed E-state index contributed by atoms with van der Waals surface area (Å²) in [4.78, 5) is 22.7. The lowest BCUT2D eigenvalue weighted by Crippen LogP contribution is -2.40. The molecule has 0 saturated carbocycles.